The number of carboxylic acid groups (broad SMARTS) is 1. The molecule has 0 aliphatic rings. The number of ether oxygens (including phenoxy) is 1. The van der Waals surface area contributed by atoms with Crippen LogP contribution in [0.5, 0.6) is 5.75 Å². The highest BCUT2D eigenvalue weighted by Crippen LogP contribution is 2.36. The van der Waals surface area contributed by atoms with Gasteiger partial charge in [0.2, 0.25) is 0 Å². The monoisotopic (exact) mass is 436 g/mol. The van der Waals surface area contributed by atoms with Crippen LogP contribution < -0.4 is 4.74 Å². The van der Waals surface area contributed by atoms with Crippen molar-refractivity contribution in [1.29, 1.82) is 0 Å². The zero-order valence-electron chi connectivity index (χ0n) is 18.4. The van der Waals surface area contributed by atoms with Crippen LogP contribution in [0.4, 0.5) is 0 Å². The third-order valence-electron chi connectivity index (χ3n) is 5.23. The molecule has 0 unspecified atom stereocenters. The van der Waals surface area contributed by atoms with Gasteiger partial charge in [0.05, 0.1) is 0 Å². The maximum absolute atomic E-state index is 12.8. The summed E-state index contributed by atoms with van der Waals surface area (Å²) in [5.74, 6) is -0.0650. The summed E-state index contributed by atoms with van der Waals surface area (Å²) in [6.07, 6.45) is 1.14. The lowest BCUT2D eigenvalue weighted by atomic mass is 9.98. The Bertz CT molecular complexity index is 1080. The van der Waals surface area contributed by atoms with Gasteiger partial charge in [-0.25, -0.2) is 4.79 Å². The highest BCUT2D eigenvalue weighted by atomic mass is 32.1. The quantitative estimate of drug-likeness (QED) is 0.392. The van der Waals surface area contributed by atoms with E-state index in [2.05, 4.69) is 51.1 Å². The van der Waals surface area contributed by atoms with Gasteiger partial charge >= 0.3 is 5.97 Å². The number of ketones is 1. The van der Waals surface area contributed by atoms with Gasteiger partial charge in [-0.15, -0.1) is 11.3 Å². The highest BCUT2D eigenvalue weighted by molar-refractivity contribution is 7.15. The number of benzene rings is 2. The molecule has 31 heavy (non-hydrogen) atoms. The molecule has 0 aliphatic carbocycles. The van der Waals surface area contributed by atoms with Gasteiger partial charge in [-0.3, -0.25) is 4.79 Å². The van der Waals surface area contributed by atoms with Gasteiger partial charge in [-0.05, 0) is 67.1 Å². The number of aryl methyl sites for hydroxylation is 3. The molecule has 3 aromatic rings. The van der Waals surface area contributed by atoms with Crippen molar-refractivity contribution in [1.82, 2.24) is 0 Å². The van der Waals surface area contributed by atoms with Gasteiger partial charge in [0.25, 0.3) is 0 Å². The number of carbonyl (C=O) groups excluding carboxylic acids is 1. The van der Waals surface area contributed by atoms with Crippen molar-refractivity contribution in [3.63, 3.8) is 0 Å². The van der Waals surface area contributed by atoms with Gasteiger partial charge in [0, 0.05) is 21.7 Å². The molecule has 1 N–H and O–H groups in total. The second-order valence-electron chi connectivity index (χ2n) is 8.10. The molecule has 2 aromatic carbocycles. The third kappa shape index (κ3) is 5.82. The van der Waals surface area contributed by atoms with Crippen LogP contribution in [-0.4, -0.2) is 23.5 Å². The molecular weight excluding hydrogens is 408 g/mol. The zero-order valence-corrected chi connectivity index (χ0v) is 19.2. The SMILES string of the molecule is Cc1ccc(-c2cc(C(C)C)c(CCC(=O)c3ccc(OCC(=O)O)c(C)c3)s2)cc1. The summed E-state index contributed by atoms with van der Waals surface area (Å²) in [5, 5.41) is 8.76. The summed E-state index contributed by atoms with van der Waals surface area (Å²) in [6.45, 7) is 7.88. The van der Waals surface area contributed by atoms with Gasteiger partial charge in [0.15, 0.2) is 12.4 Å². The largest absolute Gasteiger partial charge is 0.482 e. The first-order valence-corrected chi connectivity index (χ1v) is 11.2. The molecule has 5 heteroatoms. The van der Waals surface area contributed by atoms with Crippen molar-refractivity contribution in [2.45, 2.75) is 46.5 Å². The minimum atomic E-state index is -1.03. The lowest BCUT2D eigenvalue weighted by Crippen LogP contribution is -2.10. The molecule has 0 saturated carbocycles. The minimum Gasteiger partial charge on any atom is -0.482 e. The molecule has 0 bridgehead atoms. The molecule has 4 nitrogen and oxygen atoms in total. The fourth-order valence-electron chi connectivity index (χ4n) is 3.48. The van der Waals surface area contributed by atoms with Crippen molar-refractivity contribution >= 4 is 23.1 Å². The average molecular weight is 437 g/mol. The summed E-state index contributed by atoms with van der Waals surface area (Å²) in [4.78, 5) is 26.0. The summed E-state index contributed by atoms with van der Waals surface area (Å²) in [5.41, 5.74) is 5.14. The topological polar surface area (TPSA) is 63.6 Å². The molecule has 1 aromatic heterocycles. The number of carboxylic acids is 1. The second kappa shape index (κ2) is 9.92. The number of thiophene rings is 1. The van der Waals surface area contributed by atoms with Gasteiger partial charge in [-0.2, -0.15) is 0 Å². The van der Waals surface area contributed by atoms with Gasteiger partial charge in [0.1, 0.15) is 5.75 Å². The maximum Gasteiger partial charge on any atom is 0.341 e. The lowest BCUT2D eigenvalue weighted by Gasteiger charge is -2.09. The minimum absolute atomic E-state index is 0.0767. The molecule has 162 valence electrons. The first kappa shape index (κ1) is 22.8. The van der Waals surface area contributed by atoms with Crippen molar-refractivity contribution < 1.29 is 19.4 Å². The number of Topliss-reactive ketones (excluding diaryl/α,β-unsaturated/α-hetero) is 1. The van der Waals surface area contributed by atoms with E-state index < -0.39 is 12.6 Å². The van der Waals surface area contributed by atoms with E-state index >= 15 is 0 Å². The lowest BCUT2D eigenvalue weighted by molar-refractivity contribution is -0.139. The zero-order chi connectivity index (χ0) is 22.5. The van der Waals surface area contributed by atoms with Crippen LogP contribution in [-0.2, 0) is 11.2 Å². The first-order chi connectivity index (χ1) is 14.7. The second-order valence-corrected chi connectivity index (χ2v) is 9.23. The Kier molecular flexibility index (Phi) is 7.29. The van der Waals surface area contributed by atoms with Crippen LogP contribution in [0.1, 0.15) is 58.1 Å². The van der Waals surface area contributed by atoms with Crippen molar-refractivity contribution in [2.24, 2.45) is 0 Å². The van der Waals surface area contributed by atoms with Crippen molar-refractivity contribution in [3.8, 4) is 16.2 Å². The summed E-state index contributed by atoms with van der Waals surface area (Å²) >= 11 is 1.77. The van der Waals surface area contributed by atoms with Crippen LogP contribution in [0.15, 0.2) is 48.5 Å². The number of hydrogen-bond donors (Lipinski definition) is 1. The Hall–Kier alpha value is -2.92. The summed E-state index contributed by atoms with van der Waals surface area (Å²) in [7, 11) is 0. The van der Waals surface area contributed by atoms with Crippen molar-refractivity contribution in [2.75, 3.05) is 6.61 Å². The fraction of sp³-hybridized carbons (Fsp3) is 0.308. The molecule has 1 heterocycles. The van der Waals surface area contributed by atoms with Crippen molar-refractivity contribution in [3.05, 3.63) is 75.7 Å². The molecule has 0 radical (unpaired) electrons. The fourth-order valence-corrected chi connectivity index (χ4v) is 4.80. The van der Waals surface area contributed by atoms with E-state index in [9.17, 15) is 9.59 Å². The number of aliphatic carboxylic acids is 1. The maximum atomic E-state index is 12.8. The van der Waals surface area contributed by atoms with Gasteiger partial charge in [-0.1, -0.05) is 43.7 Å². The standard InChI is InChI=1S/C26H28O4S/c1-16(2)21-14-25(19-7-5-17(3)6-8-19)31-24(21)12-10-22(27)20-9-11-23(18(4)13-20)30-15-26(28)29/h5-9,11,13-14,16H,10,12,15H2,1-4H3,(H,28,29). The predicted molar refractivity (Wildman–Crippen MR) is 126 cm³/mol. The Labute approximate surface area is 187 Å². The van der Waals surface area contributed by atoms with E-state index in [1.54, 1.807) is 29.5 Å². The van der Waals surface area contributed by atoms with Crippen LogP contribution in [0.3, 0.4) is 0 Å². The number of carbonyl (C=O) groups is 2. The Morgan fingerprint density at radius 2 is 1.74 bits per heavy atom. The Morgan fingerprint density at radius 3 is 2.35 bits per heavy atom. The molecule has 0 atom stereocenters. The summed E-state index contributed by atoms with van der Waals surface area (Å²) in [6, 6.07) is 16.0. The van der Waals surface area contributed by atoms with Crippen LogP contribution in [0.25, 0.3) is 10.4 Å². The van der Waals surface area contributed by atoms with Crippen LogP contribution in [0, 0.1) is 13.8 Å². The summed E-state index contributed by atoms with van der Waals surface area (Å²) < 4.78 is 5.25. The average Bonchev–Trinajstić information content (AvgIpc) is 3.16. The highest BCUT2D eigenvalue weighted by Gasteiger charge is 2.16. The smallest absolute Gasteiger partial charge is 0.341 e. The van der Waals surface area contributed by atoms with Crippen LogP contribution in [0.2, 0.25) is 0 Å². The molecular formula is C26H28O4S. The van der Waals surface area contributed by atoms with E-state index in [4.69, 9.17) is 9.84 Å². The first-order valence-electron chi connectivity index (χ1n) is 10.4. The van der Waals surface area contributed by atoms with E-state index in [0.717, 1.165) is 5.56 Å². The molecule has 0 aliphatic heterocycles. The van der Waals surface area contributed by atoms with E-state index in [0.29, 0.717) is 30.1 Å². The molecule has 0 spiro atoms. The van der Waals surface area contributed by atoms with E-state index in [-0.39, 0.29) is 5.78 Å². The van der Waals surface area contributed by atoms with E-state index in [1.807, 2.05) is 6.92 Å². The molecule has 0 saturated heterocycles. The molecule has 0 amide bonds. The number of hydrogen-bond acceptors (Lipinski definition) is 4. The number of rotatable bonds is 9. The normalized spacial score (nSPS) is 11.0. The van der Waals surface area contributed by atoms with Crippen LogP contribution >= 0.6 is 11.3 Å². The predicted octanol–water partition coefficient (Wildman–Crippen LogP) is 6.43. The third-order valence-corrected chi connectivity index (χ3v) is 6.49. The Balaban J connectivity index is 1.73. The van der Waals surface area contributed by atoms with E-state index in [1.165, 1.54) is 26.4 Å². The molecule has 0 fully saturated rings. The Morgan fingerprint density at radius 1 is 1.03 bits per heavy atom. The molecule has 3 rings (SSSR count). The van der Waals surface area contributed by atoms with Gasteiger partial charge < -0.3 is 9.84 Å².